The van der Waals surface area contributed by atoms with Gasteiger partial charge in [0.05, 0.1) is 12.7 Å². The zero-order valence-corrected chi connectivity index (χ0v) is 9.44. The predicted molar refractivity (Wildman–Crippen MR) is 66.2 cm³/mol. The van der Waals surface area contributed by atoms with Gasteiger partial charge in [0.25, 0.3) is 5.91 Å². The first-order chi connectivity index (χ1) is 8.31. The average Bonchev–Trinajstić information content (AvgIpc) is 2.40. The fourth-order valence-corrected chi connectivity index (χ4v) is 1.50. The van der Waals surface area contributed by atoms with Crippen LogP contribution >= 0.6 is 0 Å². The zero-order valence-electron chi connectivity index (χ0n) is 9.44. The first-order valence-corrected chi connectivity index (χ1v) is 5.22. The van der Waals surface area contributed by atoms with Gasteiger partial charge in [-0.05, 0) is 30.3 Å². The van der Waals surface area contributed by atoms with Crippen molar-refractivity contribution in [2.75, 3.05) is 12.4 Å². The standard InChI is InChI=1S/C14H12NO2/c1-17-13-10-6-5-9-12(13)14(16)15-11-7-3-2-4-8-11/h3-10H,1H3,(H,15,16). The highest BCUT2D eigenvalue weighted by Gasteiger charge is 2.10. The van der Waals surface area contributed by atoms with Crippen LogP contribution in [0.5, 0.6) is 5.75 Å². The van der Waals surface area contributed by atoms with Crippen LogP contribution in [0.4, 0.5) is 5.69 Å². The molecule has 2 aromatic carbocycles. The topological polar surface area (TPSA) is 38.3 Å². The van der Waals surface area contributed by atoms with Crippen LogP contribution in [0, 0.1) is 6.07 Å². The molecule has 0 bridgehead atoms. The smallest absolute Gasteiger partial charge is 0.259 e. The van der Waals surface area contributed by atoms with E-state index in [4.69, 9.17) is 4.74 Å². The lowest BCUT2D eigenvalue weighted by molar-refractivity contribution is 0.102. The molecule has 3 nitrogen and oxygen atoms in total. The molecule has 1 amide bonds. The minimum Gasteiger partial charge on any atom is -0.496 e. The summed E-state index contributed by atoms with van der Waals surface area (Å²) < 4.78 is 5.14. The molecule has 1 radical (unpaired) electrons. The van der Waals surface area contributed by atoms with E-state index in [9.17, 15) is 4.79 Å². The van der Waals surface area contributed by atoms with E-state index in [2.05, 4.69) is 11.4 Å². The number of amides is 1. The number of ether oxygens (including phenoxy) is 1. The second kappa shape index (κ2) is 5.16. The van der Waals surface area contributed by atoms with Crippen molar-refractivity contribution < 1.29 is 9.53 Å². The Kier molecular flexibility index (Phi) is 3.40. The summed E-state index contributed by atoms with van der Waals surface area (Å²) in [6.45, 7) is 0. The van der Waals surface area contributed by atoms with Gasteiger partial charge in [-0.3, -0.25) is 4.79 Å². The molecule has 0 aromatic heterocycles. The number of carbonyl (C=O) groups excluding carboxylic acids is 1. The van der Waals surface area contributed by atoms with E-state index >= 15 is 0 Å². The summed E-state index contributed by atoms with van der Waals surface area (Å²) in [6.07, 6.45) is 0. The summed E-state index contributed by atoms with van der Waals surface area (Å²) in [5.41, 5.74) is 1.25. The highest BCUT2D eigenvalue weighted by atomic mass is 16.5. The van der Waals surface area contributed by atoms with E-state index in [0.717, 1.165) is 5.69 Å². The van der Waals surface area contributed by atoms with E-state index in [0.29, 0.717) is 11.3 Å². The minimum absolute atomic E-state index is 0.186. The lowest BCUT2D eigenvalue weighted by atomic mass is 10.2. The molecule has 85 valence electrons. The highest BCUT2D eigenvalue weighted by Crippen LogP contribution is 2.18. The van der Waals surface area contributed by atoms with E-state index in [1.165, 1.54) is 0 Å². The average molecular weight is 226 g/mol. The highest BCUT2D eigenvalue weighted by molar-refractivity contribution is 6.06. The summed E-state index contributed by atoms with van der Waals surface area (Å²) in [7, 11) is 1.55. The fraction of sp³-hybridized carbons (Fsp3) is 0.0714. The van der Waals surface area contributed by atoms with Gasteiger partial charge in [0, 0.05) is 5.69 Å². The summed E-state index contributed by atoms with van der Waals surface area (Å²) in [6, 6.07) is 17.1. The molecule has 0 saturated carbocycles. The first kappa shape index (κ1) is 11.2. The Hall–Kier alpha value is -2.29. The number of anilines is 1. The van der Waals surface area contributed by atoms with Crippen LogP contribution < -0.4 is 10.1 Å². The number of nitrogens with one attached hydrogen (secondary N) is 1. The Morgan fingerprint density at radius 3 is 2.59 bits per heavy atom. The Morgan fingerprint density at radius 1 is 1.18 bits per heavy atom. The summed E-state index contributed by atoms with van der Waals surface area (Å²) >= 11 is 0. The van der Waals surface area contributed by atoms with Crippen LogP contribution in [-0.2, 0) is 0 Å². The Bertz CT molecular complexity index is 509. The van der Waals surface area contributed by atoms with Crippen molar-refractivity contribution in [2.24, 2.45) is 0 Å². The molecule has 0 aliphatic heterocycles. The van der Waals surface area contributed by atoms with Crippen LogP contribution in [0.1, 0.15) is 10.4 Å². The largest absolute Gasteiger partial charge is 0.496 e. The summed E-state index contributed by atoms with van der Waals surface area (Å²) in [5, 5.41) is 2.79. The van der Waals surface area contributed by atoms with E-state index in [-0.39, 0.29) is 5.91 Å². The maximum Gasteiger partial charge on any atom is 0.259 e. The van der Waals surface area contributed by atoms with Gasteiger partial charge < -0.3 is 10.1 Å². The lowest BCUT2D eigenvalue weighted by Crippen LogP contribution is -2.12. The number of para-hydroxylation sites is 1. The number of methoxy groups -OCH3 is 1. The maximum atomic E-state index is 12.0. The van der Waals surface area contributed by atoms with Crippen LogP contribution in [0.2, 0.25) is 0 Å². The Labute approximate surface area is 100 Å². The molecule has 1 N–H and O–H groups in total. The first-order valence-electron chi connectivity index (χ1n) is 5.22. The molecule has 3 heteroatoms. The number of carbonyl (C=O) groups is 1. The molecule has 0 aliphatic rings. The molecule has 0 heterocycles. The quantitative estimate of drug-likeness (QED) is 0.873. The second-order valence-corrected chi connectivity index (χ2v) is 3.44. The van der Waals surface area contributed by atoms with E-state index in [1.54, 1.807) is 49.6 Å². The van der Waals surface area contributed by atoms with Gasteiger partial charge in [-0.25, -0.2) is 0 Å². The lowest BCUT2D eigenvalue weighted by Gasteiger charge is -2.08. The second-order valence-electron chi connectivity index (χ2n) is 3.44. The van der Waals surface area contributed by atoms with Crippen LogP contribution in [0.15, 0.2) is 48.5 Å². The van der Waals surface area contributed by atoms with Crippen molar-refractivity contribution in [2.45, 2.75) is 0 Å². The zero-order chi connectivity index (χ0) is 12.1. The molecule has 0 fully saturated rings. The molecule has 0 aliphatic carbocycles. The van der Waals surface area contributed by atoms with Gasteiger partial charge in [0.2, 0.25) is 0 Å². The van der Waals surface area contributed by atoms with Gasteiger partial charge in [-0.15, -0.1) is 0 Å². The Morgan fingerprint density at radius 2 is 1.88 bits per heavy atom. The SMILES string of the molecule is COc1ccccc1C(=O)Nc1cc[c]cc1. The van der Waals surface area contributed by atoms with Crippen LogP contribution in [0.25, 0.3) is 0 Å². The van der Waals surface area contributed by atoms with Crippen LogP contribution in [-0.4, -0.2) is 13.0 Å². The third-order valence-electron chi connectivity index (χ3n) is 2.33. The monoisotopic (exact) mass is 226 g/mol. The molecule has 2 rings (SSSR count). The Balaban J connectivity index is 2.20. The van der Waals surface area contributed by atoms with E-state index in [1.807, 2.05) is 6.07 Å². The van der Waals surface area contributed by atoms with Crippen molar-refractivity contribution in [1.29, 1.82) is 0 Å². The molecular formula is C14H12NO2. The number of benzene rings is 2. The normalized spacial score (nSPS) is 9.71. The molecule has 0 spiro atoms. The van der Waals surface area contributed by atoms with Gasteiger partial charge in [0.1, 0.15) is 5.75 Å². The summed E-state index contributed by atoms with van der Waals surface area (Å²) in [4.78, 5) is 12.0. The molecule has 17 heavy (non-hydrogen) atoms. The van der Waals surface area contributed by atoms with Crippen LogP contribution in [0.3, 0.4) is 0 Å². The predicted octanol–water partition coefficient (Wildman–Crippen LogP) is 2.75. The van der Waals surface area contributed by atoms with Crippen molar-refractivity contribution in [1.82, 2.24) is 0 Å². The third-order valence-corrected chi connectivity index (χ3v) is 2.33. The summed E-state index contributed by atoms with van der Waals surface area (Å²) in [5.74, 6) is 0.376. The fourth-order valence-electron chi connectivity index (χ4n) is 1.50. The van der Waals surface area contributed by atoms with Gasteiger partial charge in [-0.2, -0.15) is 0 Å². The minimum atomic E-state index is -0.186. The molecule has 0 unspecified atom stereocenters. The van der Waals surface area contributed by atoms with Crippen molar-refractivity contribution in [3.63, 3.8) is 0 Å². The molecule has 0 saturated heterocycles. The van der Waals surface area contributed by atoms with Crippen molar-refractivity contribution >= 4 is 11.6 Å². The van der Waals surface area contributed by atoms with Gasteiger partial charge >= 0.3 is 0 Å². The third kappa shape index (κ3) is 2.64. The molecule has 2 aromatic rings. The molecule has 0 atom stereocenters. The number of rotatable bonds is 3. The molecular weight excluding hydrogens is 214 g/mol. The van der Waals surface area contributed by atoms with E-state index < -0.39 is 0 Å². The maximum absolute atomic E-state index is 12.0. The number of hydrogen-bond donors (Lipinski definition) is 1. The van der Waals surface area contributed by atoms with Gasteiger partial charge in [-0.1, -0.05) is 24.3 Å². The van der Waals surface area contributed by atoms with Gasteiger partial charge in [0.15, 0.2) is 0 Å². The number of hydrogen-bond acceptors (Lipinski definition) is 2. The van der Waals surface area contributed by atoms with Crippen molar-refractivity contribution in [3.8, 4) is 5.75 Å². The van der Waals surface area contributed by atoms with Crippen molar-refractivity contribution in [3.05, 3.63) is 60.2 Å².